The van der Waals surface area contributed by atoms with E-state index in [1.807, 2.05) is 18.2 Å². The average molecular weight is 357 g/mol. The summed E-state index contributed by atoms with van der Waals surface area (Å²) in [5.74, 6) is -0.752. The van der Waals surface area contributed by atoms with Gasteiger partial charge in [-0.3, -0.25) is 13.9 Å². The van der Waals surface area contributed by atoms with Gasteiger partial charge in [-0.1, -0.05) is 26.8 Å². The van der Waals surface area contributed by atoms with Crippen molar-refractivity contribution >= 4 is 22.7 Å². The van der Waals surface area contributed by atoms with E-state index < -0.39 is 11.4 Å². The lowest BCUT2D eigenvalue weighted by Gasteiger charge is -2.28. The van der Waals surface area contributed by atoms with Gasteiger partial charge >= 0.3 is 11.7 Å². The number of aryl methyl sites for hydroxylation is 1. The van der Waals surface area contributed by atoms with Gasteiger partial charge in [-0.25, -0.2) is 9.78 Å². The minimum absolute atomic E-state index is 0.00995. The molecule has 1 N–H and O–H groups in total. The number of hydrogen-bond donors (Lipinski definition) is 1. The molecule has 0 fully saturated rings. The van der Waals surface area contributed by atoms with Crippen molar-refractivity contribution in [1.82, 2.24) is 14.1 Å². The summed E-state index contributed by atoms with van der Waals surface area (Å²) in [4.78, 5) is 28.8. The Morgan fingerprint density at radius 1 is 1.35 bits per heavy atom. The first kappa shape index (κ1) is 18.4. The number of nitrogens with zero attached hydrogens (tertiary/aromatic N) is 3. The van der Waals surface area contributed by atoms with Crippen LogP contribution in [-0.2, 0) is 18.4 Å². The number of carbonyl (C=O) groups is 1. The number of hydrogen-bond acceptors (Lipinski definition) is 3. The summed E-state index contributed by atoms with van der Waals surface area (Å²) < 4.78 is 3.37. The third-order valence-electron chi connectivity index (χ3n) is 5.20. The molecule has 2 heterocycles. The number of rotatable bonds is 3. The zero-order valence-electron chi connectivity index (χ0n) is 16.2. The van der Waals surface area contributed by atoms with Crippen LogP contribution in [0.3, 0.4) is 0 Å². The van der Waals surface area contributed by atoms with Crippen molar-refractivity contribution in [2.24, 2.45) is 17.9 Å². The van der Waals surface area contributed by atoms with E-state index >= 15 is 0 Å². The lowest BCUT2D eigenvalue weighted by molar-refractivity contribution is -0.148. The molecule has 2 aromatic heterocycles. The molecule has 1 aliphatic rings. The standard InChI is InChI=1S/C20H27N3O3/c1-19(2,3)12-23-15-7-6-14(21-16(15)22(5)18(23)26)13-8-10-20(4,11-9-13)17(24)25/h6-8H,9-12H2,1-5H3,(H,24,25). The smallest absolute Gasteiger partial charge is 0.330 e. The number of fused-ring (bicyclic) bond motifs is 1. The SMILES string of the molecule is Cn1c(=O)n(CC(C)(C)C)c2ccc(C3=CCC(C)(C(=O)O)CC3)nc21. The van der Waals surface area contributed by atoms with Crippen molar-refractivity contribution in [3.63, 3.8) is 0 Å². The summed E-state index contributed by atoms with van der Waals surface area (Å²) in [5, 5.41) is 9.37. The van der Waals surface area contributed by atoms with Crippen LogP contribution in [0, 0.1) is 10.8 Å². The van der Waals surface area contributed by atoms with E-state index in [4.69, 9.17) is 4.98 Å². The van der Waals surface area contributed by atoms with Crippen LogP contribution in [0.5, 0.6) is 0 Å². The van der Waals surface area contributed by atoms with E-state index in [2.05, 4.69) is 20.8 Å². The fraction of sp³-hybridized carbons (Fsp3) is 0.550. The number of carboxylic acids is 1. The van der Waals surface area contributed by atoms with Crippen molar-refractivity contribution in [3.05, 3.63) is 34.4 Å². The zero-order valence-corrected chi connectivity index (χ0v) is 16.2. The molecule has 0 aliphatic heterocycles. The van der Waals surface area contributed by atoms with Gasteiger partial charge in [0, 0.05) is 13.6 Å². The maximum Gasteiger partial charge on any atom is 0.330 e. The first-order valence-electron chi connectivity index (χ1n) is 9.01. The summed E-state index contributed by atoms with van der Waals surface area (Å²) in [5.41, 5.74) is 2.62. The second-order valence-electron chi connectivity index (χ2n) is 8.83. The summed E-state index contributed by atoms with van der Waals surface area (Å²) >= 11 is 0. The van der Waals surface area contributed by atoms with Crippen LogP contribution in [0.2, 0.25) is 0 Å². The molecule has 6 heteroatoms. The monoisotopic (exact) mass is 357 g/mol. The first-order valence-corrected chi connectivity index (χ1v) is 9.01. The molecule has 1 atom stereocenters. The molecule has 3 rings (SSSR count). The van der Waals surface area contributed by atoms with Crippen molar-refractivity contribution in [3.8, 4) is 0 Å². The van der Waals surface area contributed by atoms with Crippen molar-refractivity contribution in [2.45, 2.75) is 53.5 Å². The second-order valence-corrected chi connectivity index (χ2v) is 8.83. The van der Waals surface area contributed by atoms with E-state index in [0.717, 1.165) is 16.8 Å². The lowest BCUT2D eigenvalue weighted by Crippen LogP contribution is -2.29. The van der Waals surface area contributed by atoms with Crippen LogP contribution in [0.25, 0.3) is 16.7 Å². The molecule has 0 saturated heterocycles. The van der Waals surface area contributed by atoms with Gasteiger partial charge in [-0.05, 0) is 49.3 Å². The lowest BCUT2D eigenvalue weighted by atomic mass is 9.76. The second kappa shape index (κ2) is 6.11. The topological polar surface area (TPSA) is 77.1 Å². The van der Waals surface area contributed by atoms with Crippen LogP contribution in [0.15, 0.2) is 23.0 Å². The Morgan fingerprint density at radius 3 is 2.58 bits per heavy atom. The van der Waals surface area contributed by atoms with E-state index in [0.29, 0.717) is 31.5 Å². The van der Waals surface area contributed by atoms with Gasteiger partial charge < -0.3 is 5.11 Å². The first-order chi connectivity index (χ1) is 12.0. The molecular formula is C20H27N3O3. The molecule has 0 bridgehead atoms. The highest BCUT2D eigenvalue weighted by molar-refractivity contribution is 5.79. The van der Waals surface area contributed by atoms with Crippen molar-refractivity contribution in [1.29, 1.82) is 0 Å². The van der Waals surface area contributed by atoms with Gasteiger partial charge in [0.05, 0.1) is 16.6 Å². The largest absolute Gasteiger partial charge is 0.481 e. The third kappa shape index (κ3) is 3.20. The third-order valence-corrected chi connectivity index (χ3v) is 5.20. The molecule has 0 aromatic carbocycles. The van der Waals surface area contributed by atoms with Crippen LogP contribution in [0.4, 0.5) is 0 Å². The number of aliphatic carboxylic acids is 1. The summed E-state index contributed by atoms with van der Waals surface area (Å²) in [6.45, 7) is 8.73. The highest BCUT2D eigenvalue weighted by atomic mass is 16.4. The fourth-order valence-corrected chi connectivity index (χ4v) is 3.47. The molecular weight excluding hydrogens is 330 g/mol. The van der Waals surface area contributed by atoms with Crippen molar-refractivity contribution < 1.29 is 9.90 Å². The molecule has 0 spiro atoms. The Bertz CT molecular complexity index is 959. The number of carboxylic acid groups (broad SMARTS) is 1. The Kier molecular flexibility index (Phi) is 4.33. The maximum absolute atomic E-state index is 12.6. The van der Waals surface area contributed by atoms with Crippen LogP contribution < -0.4 is 5.69 Å². The number of pyridine rings is 1. The molecule has 0 radical (unpaired) electrons. The summed E-state index contributed by atoms with van der Waals surface area (Å²) in [7, 11) is 1.75. The van der Waals surface area contributed by atoms with Gasteiger partial charge in [0.2, 0.25) is 0 Å². The van der Waals surface area contributed by atoms with Crippen LogP contribution >= 0.6 is 0 Å². The van der Waals surface area contributed by atoms with E-state index in [1.165, 1.54) is 0 Å². The van der Waals surface area contributed by atoms with Gasteiger partial charge in [-0.15, -0.1) is 0 Å². The summed E-state index contributed by atoms with van der Waals surface area (Å²) in [6.07, 6.45) is 3.76. The molecule has 0 saturated carbocycles. The fourth-order valence-electron chi connectivity index (χ4n) is 3.47. The minimum Gasteiger partial charge on any atom is -0.481 e. The Hall–Kier alpha value is -2.37. The van der Waals surface area contributed by atoms with Crippen LogP contribution in [-0.4, -0.2) is 25.2 Å². The van der Waals surface area contributed by atoms with Gasteiger partial charge in [-0.2, -0.15) is 0 Å². The van der Waals surface area contributed by atoms with E-state index in [1.54, 1.807) is 23.1 Å². The number of aromatic nitrogens is 3. The molecule has 26 heavy (non-hydrogen) atoms. The molecule has 2 aromatic rings. The molecule has 140 valence electrons. The molecule has 1 aliphatic carbocycles. The van der Waals surface area contributed by atoms with E-state index in [-0.39, 0.29) is 11.1 Å². The highest BCUT2D eigenvalue weighted by Gasteiger charge is 2.34. The Balaban J connectivity index is 2.01. The predicted molar refractivity (Wildman–Crippen MR) is 102 cm³/mol. The predicted octanol–water partition coefficient (Wildman–Crippen LogP) is 3.44. The van der Waals surface area contributed by atoms with Gasteiger partial charge in [0.15, 0.2) is 5.65 Å². The molecule has 1 unspecified atom stereocenters. The van der Waals surface area contributed by atoms with E-state index in [9.17, 15) is 14.7 Å². The quantitative estimate of drug-likeness (QED) is 0.913. The molecule has 6 nitrogen and oxygen atoms in total. The number of imidazole rings is 1. The van der Waals surface area contributed by atoms with Crippen LogP contribution in [0.1, 0.15) is 52.7 Å². The van der Waals surface area contributed by atoms with Gasteiger partial charge in [0.25, 0.3) is 0 Å². The number of allylic oxidation sites excluding steroid dienone is 2. The normalized spacial score (nSPS) is 21.0. The zero-order chi connectivity index (χ0) is 19.3. The molecule has 0 amide bonds. The average Bonchev–Trinajstić information content (AvgIpc) is 2.79. The minimum atomic E-state index is -0.752. The Labute approximate surface area is 153 Å². The van der Waals surface area contributed by atoms with Gasteiger partial charge in [0.1, 0.15) is 0 Å². The Morgan fingerprint density at radius 2 is 2.04 bits per heavy atom. The van der Waals surface area contributed by atoms with Crippen molar-refractivity contribution in [2.75, 3.05) is 0 Å². The highest BCUT2D eigenvalue weighted by Crippen LogP contribution is 2.38. The maximum atomic E-state index is 12.6. The summed E-state index contributed by atoms with van der Waals surface area (Å²) in [6, 6.07) is 3.90.